The summed E-state index contributed by atoms with van der Waals surface area (Å²) in [7, 11) is 0. The lowest BCUT2D eigenvalue weighted by molar-refractivity contribution is 0.0952. The van der Waals surface area contributed by atoms with E-state index in [4.69, 9.17) is 4.74 Å². The monoisotopic (exact) mass is 389 g/mol. The van der Waals surface area contributed by atoms with Crippen molar-refractivity contribution in [2.75, 3.05) is 31.2 Å². The highest BCUT2D eigenvalue weighted by Gasteiger charge is 2.13. The number of fused-ring (bicyclic) bond motifs is 1. The predicted octanol–water partition coefficient (Wildman–Crippen LogP) is 3.54. The van der Waals surface area contributed by atoms with Crippen LogP contribution in [0.25, 0.3) is 10.8 Å². The van der Waals surface area contributed by atoms with E-state index in [2.05, 4.69) is 27.6 Å². The first-order chi connectivity index (χ1) is 14.1. The van der Waals surface area contributed by atoms with Crippen molar-refractivity contribution in [3.63, 3.8) is 0 Å². The molecule has 0 spiro atoms. The molecule has 0 atom stereocenters. The topological polar surface area (TPSA) is 74.2 Å². The van der Waals surface area contributed by atoms with Crippen molar-refractivity contribution >= 4 is 28.1 Å². The smallest absolute Gasteiger partial charge is 0.275 e. The molecule has 6 heteroatoms. The van der Waals surface area contributed by atoms with Gasteiger partial charge in [0, 0.05) is 18.8 Å². The van der Waals surface area contributed by atoms with Crippen molar-refractivity contribution in [3.05, 3.63) is 71.8 Å². The zero-order chi connectivity index (χ0) is 20.2. The van der Waals surface area contributed by atoms with Gasteiger partial charge >= 0.3 is 0 Å². The van der Waals surface area contributed by atoms with E-state index in [0.717, 1.165) is 48.3 Å². The normalized spacial score (nSPS) is 14.8. The highest BCUT2D eigenvalue weighted by atomic mass is 16.5. The fourth-order valence-corrected chi connectivity index (χ4v) is 3.40. The maximum atomic E-state index is 12.5. The summed E-state index contributed by atoms with van der Waals surface area (Å²) in [4.78, 5) is 14.8. The van der Waals surface area contributed by atoms with Gasteiger partial charge in [0.15, 0.2) is 0 Å². The molecule has 1 saturated heterocycles. The second-order valence-electron chi connectivity index (χ2n) is 7.00. The predicted molar refractivity (Wildman–Crippen MR) is 115 cm³/mol. The minimum Gasteiger partial charge on any atom is -0.507 e. The summed E-state index contributed by atoms with van der Waals surface area (Å²) in [5.41, 5.74) is 5.50. The van der Waals surface area contributed by atoms with E-state index in [1.165, 1.54) is 0 Å². The van der Waals surface area contributed by atoms with Gasteiger partial charge in [0.2, 0.25) is 0 Å². The lowest BCUT2D eigenvalue weighted by Gasteiger charge is -2.28. The highest BCUT2D eigenvalue weighted by molar-refractivity contribution is 6.03. The van der Waals surface area contributed by atoms with Crippen molar-refractivity contribution in [2.24, 2.45) is 5.10 Å². The second kappa shape index (κ2) is 8.32. The Labute approximate surface area is 169 Å². The zero-order valence-corrected chi connectivity index (χ0v) is 16.3. The molecule has 3 aromatic carbocycles. The van der Waals surface area contributed by atoms with Crippen LogP contribution < -0.4 is 10.3 Å². The minimum absolute atomic E-state index is 0.0658. The van der Waals surface area contributed by atoms with Crippen LogP contribution >= 0.6 is 0 Å². The molecule has 1 heterocycles. The fourth-order valence-electron chi connectivity index (χ4n) is 3.40. The van der Waals surface area contributed by atoms with E-state index in [-0.39, 0.29) is 11.3 Å². The number of hydrogen-bond acceptors (Lipinski definition) is 5. The molecule has 0 bridgehead atoms. The number of morpholine rings is 1. The number of nitrogens with zero attached hydrogens (tertiary/aromatic N) is 2. The number of amides is 1. The highest BCUT2D eigenvalue weighted by Crippen LogP contribution is 2.25. The van der Waals surface area contributed by atoms with E-state index in [1.807, 2.05) is 43.3 Å². The maximum Gasteiger partial charge on any atom is 0.275 e. The molecule has 0 aromatic heterocycles. The van der Waals surface area contributed by atoms with Crippen LogP contribution in [0.15, 0.2) is 65.8 Å². The number of ether oxygens (including phenoxy) is 1. The van der Waals surface area contributed by atoms with E-state index in [1.54, 1.807) is 12.1 Å². The SMILES string of the molecule is CC(=NNC(=O)c1cc2ccccc2cc1O)c1ccc(N2CCOCC2)cc1. The van der Waals surface area contributed by atoms with Crippen LogP contribution in [0.2, 0.25) is 0 Å². The third kappa shape index (κ3) is 4.22. The van der Waals surface area contributed by atoms with Crippen LogP contribution in [0.1, 0.15) is 22.8 Å². The number of phenolic OH excluding ortho intramolecular Hbond substituents is 1. The van der Waals surface area contributed by atoms with Gasteiger partial charge in [-0.2, -0.15) is 5.10 Å². The van der Waals surface area contributed by atoms with Gasteiger partial charge in [-0.25, -0.2) is 5.43 Å². The number of carbonyl (C=O) groups is 1. The number of hydrazone groups is 1. The van der Waals surface area contributed by atoms with Crippen molar-refractivity contribution < 1.29 is 14.6 Å². The van der Waals surface area contributed by atoms with Crippen molar-refractivity contribution in [2.45, 2.75) is 6.92 Å². The molecule has 1 amide bonds. The average Bonchev–Trinajstić information content (AvgIpc) is 2.77. The van der Waals surface area contributed by atoms with Crippen LogP contribution in [-0.2, 0) is 4.74 Å². The first-order valence-corrected chi connectivity index (χ1v) is 9.61. The Hall–Kier alpha value is -3.38. The van der Waals surface area contributed by atoms with Crippen LogP contribution in [0, 0.1) is 0 Å². The lowest BCUT2D eigenvalue weighted by atomic mass is 10.1. The molecule has 4 rings (SSSR count). The lowest BCUT2D eigenvalue weighted by Crippen LogP contribution is -2.36. The van der Waals surface area contributed by atoms with Gasteiger partial charge < -0.3 is 14.7 Å². The summed E-state index contributed by atoms with van der Waals surface area (Å²) in [5.74, 6) is -0.513. The van der Waals surface area contributed by atoms with Crippen molar-refractivity contribution in [1.82, 2.24) is 5.43 Å². The first kappa shape index (κ1) is 19.0. The summed E-state index contributed by atoms with van der Waals surface area (Å²) in [5, 5.41) is 16.2. The van der Waals surface area contributed by atoms with Crippen molar-refractivity contribution in [3.8, 4) is 5.75 Å². The van der Waals surface area contributed by atoms with Gasteiger partial charge in [-0.15, -0.1) is 0 Å². The fraction of sp³-hybridized carbons (Fsp3) is 0.217. The summed E-state index contributed by atoms with van der Waals surface area (Å²) >= 11 is 0. The number of nitrogens with one attached hydrogen (secondary N) is 1. The Morgan fingerprint density at radius 3 is 2.38 bits per heavy atom. The molecule has 29 heavy (non-hydrogen) atoms. The Morgan fingerprint density at radius 1 is 1.03 bits per heavy atom. The number of aromatic hydroxyl groups is 1. The molecule has 1 fully saturated rings. The Bertz CT molecular complexity index is 1050. The first-order valence-electron chi connectivity index (χ1n) is 9.61. The van der Waals surface area contributed by atoms with Crippen LogP contribution in [0.3, 0.4) is 0 Å². The summed E-state index contributed by atoms with van der Waals surface area (Å²) in [6.45, 7) is 5.10. The summed E-state index contributed by atoms with van der Waals surface area (Å²) in [6, 6.07) is 18.9. The van der Waals surface area contributed by atoms with E-state index >= 15 is 0 Å². The van der Waals surface area contributed by atoms with Gasteiger partial charge in [0.25, 0.3) is 5.91 Å². The van der Waals surface area contributed by atoms with E-state index < -0.39 is 5.91 Å². The summed E-state index contributed by atoms with van der Waals surface area (Å²) < 4.78 is 5.39. The summed E-state index contributed by atoms with van der Waals surface area (Å²) in [6.07, 6.45) is 0. The number of hydrogen-bond donors (Lipinski definition) is 2. The van der Waals surface area contributed by atoms with Gasteiger partial charge in [0.1, 0.15) is 5.75 Å². The molecular formula is C23H23N3O3. The molecule has 6 nitrogen and oxygen atoms in total. The molecule has 2 N–H and O–H groups in total. The number of benzene rings is 3. The standard InChI is InChI=1S/C23H23N3O3/c1-16(17-6-8-20(9-7-17)26-10-12-29-13-11-26)24-25-23(28)21-14-18-4-2-3-5-19(18)15-22(21)27/h2-9,14-15,27H,10-13H2,1H3,(H,25,28). The third-order valence-electron chi connectivity index (χ3n) is 5.10. The molecule has 0 radical (unpaired) electrons. The minimum atomic E-state index is -0.447. The largest absolute Gasteiger partial charge is 0.507 e. The molecule has 0 saturated carbocycles. The molecule has 1 aliphatic heterocycles. The van der Waals surface area contributed by atoms with Crippen molar-refractivity contribution in [1.29, 1.82) is 0 Å². The van der Waals surface area contributed by atoms with Gasteiger partial charge in [-0.3, -0.25) is 4.79 Å². The average molecular weight is 389 g/mol. The zero-order valence-electron chi connectivity index (χ0n) is 16.3. The Morgan fingerprint density at radius 2 is 1.69 bits per heavy atom. The molecule has 0 unspecified atom stereocenters. The van der Waals surface area contributed by atoms with Gasteiger partial charge in [-0.05, 0) is 47.5 Å². The second-order valence-corrected chi connectivity index (χ2v) is 7.00. The molecule has 148 valence electrons. The van der Waals surface area contributed by atoms with Gasteiger partial charge in [-0.1, -0.05) is 36.4 Å². The maximum absolute atomic E-state index is 12.5. The Kier molecular flexibility index (Phi) is 5.44. The molecule has 0 aliphatic carbocycles. The van der Waals surface area contributed by atoms with E-state index in [0.29, 0.717) is 5.71 Å². The molecule has 3 aromatic rings. The quantitative estimate of drug-likeness (QED) is 0.529. The van der Waals surface area contributed by atoms with Crippen LogP contribution in [-0.4, -0.2) is 43.0 Å². The van der Waals surface area contributed by atoms with Crippen LogP contribution in [0.5, 0.6) is 5.75 Å². The van der Waals surface area contributed by atoms with Crippen LogP contribution in [0.4, 0.5) is 5.69 Å². The molecular weight excluding hydrogens is 366 g/mol. The Balaban J connectivity index is 1.47. The number of carbonyl (C=O) groups excluding carboxylic acids is 1. The third-order valence-corrected chi connectivity index (χ3v) is 5.10. The molecule has 1 aliphatic rings. The number of rotatable bonds is 4. The van der Waals surface area contributed by atoms with Gasteiger partial charge in [0.05, 0.1) is 24.5 Å². The number of phenols is 1. The number of anilines is 1. The van der Waals surface area contributed by atoms with E-state index in [9.17, 15) is 9.90 Å².